The lowest BCUT2D eigenvalue weighted by Crippen LogP contribution is -2.47. The van der Waals surface area contributed by atoms with E-state index in [9.17, 15) is 9.59 Å². The third-order valence-corrected chi connectivity index (χ3v) is 5.47. The van der Waals surface area contributed by atoms with Crippen LogP contribution < -0.4 is 10.6 Å². The number of anilines is 1. The van der Waals surface area contributed by atoms with Gasteiger partial charge in [-0.3, -0.25) is 9.48 Å². The van der Waals surface area contributed by atoms with E-state index in [0.29, 0.717) is 37.2 Å². The molecule has 1 aliphatic heterocycles. The Morgan fingerprint density at radius 2 is 1.87 bits per heavy atom. The normalized spacial score (nSPS) is 14.5. The van der Waals surface area contributed by atoms with Crippen LogP contribution in [0.5, 0.6) is 0 Å². The molecule has 0 aliphatic carbocycles. The van der Waals surface area contributed by atoms with Crippen LogP contribution >= 0.6 is 0 Å². The van der Waals surface area contributed by atoms with Gasteiger partial charge in [0.2, 0.25) is 0 Å². The van der Waals surface area contributed by atoms with E-state index in [1.807, 2.05) is 48.9 Å². The second kappa shape index (κ2) is 8.63. The van der Waals surface area contributed by atoms with Crippen LogP contribution in [0, 0.1) is 13.8 Å². The van der Waals surface area contributed by atoms with Gasteiger partial charge in [-0.2, -0.15) is 10.2 Å². The number of piperidine rings is 1. The quantitative estimate of drug-likeness (QED) is 0.677. The first-order valence-corrected chi connectivity index (χ1v) is 10.4. The summed E-state index contributed by atoms with van der Waals surface area (Å²) in [5, 5.41) is 14.6. The summed E-state index contributed by atoms with van der Waals surface area (Å²) in [7, 11) is 1.78. The van der Waals surface area contributed by atoms with Crippen molar-refractivity contribution < 1.29 is 9.59 Å². The lowest BCUT2D eigenvalue weighted by molar-refractivity contribution is 0.0919. The summed E-state index contributed by atoms with van der Waals surface area (Å²) in [6, 6.07) is 9.54. The topological polar surface area (TPSA) is 97.1 Å². The monoisotopic (exact) mass is 421 g/mol. The highest BCUT2D eigenvalue weighted by Crippen LogP contribution is 2.22. The van der Waals surface area contributed by atoms with Gasteiger partial charge < -0.3 is 15.5 Å². The first kappa shape index (κ1) is 20.6. The maximum atomic E-state index is 12.9. The zero-order valence-corrected chi connectivity index (χ0v) is 18.0. The number of urea groups is 1. The van der Waals surface area contributed by atoms with Crippen LogP contribution in [0.1, 0.15) is 34.6 Å². The minimum atomic E-state index is -0.147. The Balaban J connectivity index is 1.36. The molecule has 0 bridgehead atoms. The Kier molecular flexibility index (Phi) is 5.75. The van der Waals surface area contributed by atoms with Crippen molar-refractivity contribution >= 4 is 17.6 Å². The number of carbonyl (C=O) groups is 2. The molecule has 0 spiro atoms. The number of para-hydroxylation sites is 2. The molecule has 0 saturated carbocycles. The predicted octanol–water partition coefficient (Wildman–Crippen LogP) is 2.65. The third kappa shape index (κ3) is 4.60. The van der Waals surface area contributed by atoms with E-state index < -0.39 is 0 Å². The van der Waals surface area contributed by atoms with Crippen molar-refractivity contribution in [2.45, 2.75) is 32.7 Å². The minimum Gasteiger partial charge on any atom is -0.349 e. The summed E-state index contributed by atoms with van der Waals surface area (Å²) < 4.78 is 3.44. The molecule has 3 heterocycles. The summed E-state index contributed by atoms with van der Waals surface area (Å²) in [4.78, 5) is 27.0. The molecular weight excluding hydrogens is 394 g/mol. The first-order valence-electron chi connectivity index (χ1n) is 10.4. The van der Waals surface area contributed by atoms with Crippen LogP contribution in [0.3, 0.4) is 0 Å². The summed E-state index contributed by atoms with van der Waals surface area (Å²) >= 11 is 0. The molecule has 0 atom stereocenters. The molecule has 0 radical (unpaired) electrons. The lowest BCUT2D eigenvalue weighted by atomic mass is 10.0. The van der Waals surface area contributed by atoms with Crippen molar-refractivity contribution in [2.75, 3.05) is 18.4 Å². The van der Waals surface area contributed by atoms with E-state index in [4.69, 9.17) is 0 Å². The Morgan fingerprint density at radius 3 is 2.52 bits per heavy atom. The molecule has 0 unspecified atom stereocenters. The molecule has 4 rings (SSSR count). The molecule has 1 fully saturated rings. The Labute approximate surface area is 181 Å². The number of hydrogen-bond acceptors (Lipinski definition) is 4. The number of likely N-dealkylation sites (tertiary alicyclic amines) is 1. The lowest BCUT2D eigenvalue weighted by Gasteiger charge is -2.32. The second-order valence-electron chi connectivity index (χ2n) is 7.92. The average molecular weight is 422 g/mol. The maximum Gasteiger partial charge on any atom is 0.321 e. The van der Waals surface area contributed by atoms with Gasteiger partial charge in [-0.1, -0.05) is 12.1 Å². The Hall–Kier alpha value is -3.62. The summed E-state index contributed by atoms with van der Waals surface area (Å²) in [5.41, 5.74) is 4.02. The van der Waals surface area contributed by atoms with Gasteiger partial charge in [-0.05, 0) is 44.9 Å². The highest BCUT2D eigenvalue weighted by molar-refractivity contribution is 5.94. The van der Waals surface area contributed by atoms with Crippen LogP contribution in [0.15, 0.2) is 42.7 Å². The van der Waals surface area contributed by atoms with Gasteiger partial charge in [0.25, 0.3) is 5.91 Å². The van der Waals surface area contributed by atoms with Crippen LogP contribution in [-0.4, -0.2) is 55.5 Å². The van der Waals surface area contributed by atoms with E-state index in [2.05, 4.69) is 20.8 Å². The van der Waals surface area contributed by atoms with Crippen molar-refractivity contribution in [1.29, 1.82) is 0 Å². The predicted molar refractivity (Wildman–Crippen MR) is 117 cm³/mol. The molecule has 9 nitrogen and oxygen atoms in total. The van der Waals surface area contributed by atoms with Gasteiger partial charge in [0.15, 0.2) is 0 Å². The summed E-state index contributed by atoms with van der Waals surface area (Å²) in [5.74, 6) is -0.130. The fourth-order valence-corrected chi connectivity index (χ4v) is 3.87. The van der Waals surface area contributed by atoms with E-state index >= 15 is 0 Å². The Morgan fingerprint density at radius 1 is 1.13 bits per heavy atom. The first-order chi connectivity index (χ1) is 14.9. The molecule has 3 aromatic rings. The van der Waals surface area contributed by atoms with Gasteiger partial charge in [0.05, 0.1) is 28.8 Å². The minimum absolute atomic E-state index is 0.0405. The molecule has 162 valence electrons. The number of nitrogens with zero attached hydrogens (tertiary/aromatic N) is 5. The van der Waals surface area contributed by atoms with Crippen molar-refractivity contribution in [3.8, 4) is 5.69 Å². The maximum absolute atomic E-state index is 12.9. The standard InChI is InChI=1S/C22H27N7O2/c1-15-12-16(2)29(26-15)20-7-5-4-6-19(20)25-22(31)28-10-8-18(9-11-28)24-21(30)17-13-23-27(3)14-17/h4-7,12-14,18H,8-11H2,1-3H3,(H,24,30)(H,25,31). The number of nitrogens with one attached hydrogen (secondary N) is 2. The highest BCUT2D eigenvalue weighted by atomic mass is 16.2. The number of aromatic nitrogens is 4. The molecule has 2 aromatic heterocycles. The van der Waals surface area contributed by atoms with Crippen LogP contribution in [0.4, 0.5) is 10.5 Å². The number of benzene rings is 1. The fourth-order valence-electron chi connectivity index (χ4n) is 3.87. The van der Waals surface area contributed by atoms with E-state index in [0.717, 1.165) is 17.1 Å². The van der Waals surface area contributed by atoms with Crippen molar-refractivity contribution in [1.82, 2.24) is 29.8 Å². The summed E-state index contributed by atoms with van der Waals surface area (Å²) in [6.45, 7) is 5.09. The van der Waals surface area contributed by atoms with Crippen LogP contribution in [0.2, 0.25) is 0 Å². The molecule has 2 N–H and O–H groups in total. The molecule has 3 amide bonds. The molecule has 9 heteroatoms. The van der Waals surface area contributed by atoms with E-state index in [-0.39, 0.29) is 18.0 Å². The van der Waals surface area contributed by atoms with Crippen molar-refractivity contribution in [3.63, 3.8) is 0 Å². The fraction of sp³-hybridized carbons (Fsp3) is 0.364. The van der Waals surface area contributed by atoms with E-state index in [1.54, 1.807) is 29.0 Å². The number of carbonyl (C=O) groups excluding carboxylic acids is 2. The number of hydrogen-bond donors (Lipinski definition) is 2. The van der Waals surface area contributed by atoms with Gasteiger partial charge in [0.1, 0.15) is 0 Å². The van der Waals surface area contributed by atoms with Gasteiger partial charge in [0, 0.05) is 38.1 Å². The number of amides is 3. The number of rotatable bonds is 4. The van der Waals surface area contributed by atoms with Crippen molar-refractivity contribution in [3.05, 3.63) is 59.7 Å². The smallest absolute Gasteiger partial charge is 0.321 e. The largest absolute Gasteiger partial charge is 0.349 e. The summed E-state index contributed by atoms with van der Waals surface area (Å²) in [6.07, 6.45) is 4.66. The van der Waals surface area contributed by atoms with Crippen LogP contribution in [-0.2, 0) is 7.05 Å². The van der Waals surface area contributed by atoms with Gasteiger partial charge >= 0.3 is 6.03 Å². The van der Waals surface area contributed by atoms with Gasteiger partial charge in [-0.25, -0.2) is 9.48 Å². The van der Waals surface area contributed by atoms with Crippen molar-refractivity contribution in [2.24, 2.45) is 7.05 Å². The van der Waals surface area contributed by atoms with Crippen LogP contribution in [0.25, 0.3) is 5.69 Å². The Bertz CT molecular complexity index is 1090. The average Bonchev–Trinajstić information content (AvgIpc) is 3.33. The van der Waals surface area contributed by atoms with Gasteiger partial charge in [-0.15, -0.1) is 0 Å². The highest BCUT2D eigenvalue weighted by Gasteiger charge is 2.25. The van der Waals surface area contributed by atoms with E-state index in [1.165, 1.54) is 0 Å². The molecular formula is C22H27N7O2. The molecule has 1 aliphatic rings. The zero-order chi connectivity index (χ0) is 22.0. The molecule has 31 heavy (non-hydrogen) atoms. The zero-order valence-electron chi connectivity index (χ0n) is 18.0. The molecule has 1 aromatic carbocycles. The second-order valence-corrected chi connectivity index (χ2v) is 7.92. The number of aryl methyl sites for hydroxylation is 3. The SMILES string of the molecule is Cc1cc(C)n(-c2ccccc2NC(=O)N2CCC(NC(=O)c3cnn(C)c3)CC2)n1. The molecule has 1 saturated heterocycles. The third-order valence-electron chi connectivity index (χ3n) is 5.47.